The molecule has 106 valence electrons. The molecular weight excluding hydrogens is 300 g/mol. The summed E-state index contributed by atoms with van der Waals surface area (Å²) in [6, 6.07) is 1.52. The fourth-order valence-electron chi connectivity index (χ4n) is 2.46. The van der Waals surface area contributed by atoms with E-state index in [-0.39, 0.29) is 16.2 Å². The molecule has 1 aliphatic heterocycles. The smallest absolute Gasteiger partial charge is 0.285 e. The van der Waals surface area contributed by atoms with Crippen molar-refractivity contribution in [3.8, 4) is 0 Å². The third-order valence-corrected chi connectivity index (χ3v) is 5.79. The van der Waals surface area contributed by atoms with Gasteiger partial charge in [0, 0.05) is 25.5 Å². The Kier molecular flexibility index (Phi) is 2.98. The van der Waals surface area contributed by atoms with Gasteiger partial charge in [-0.3, -0.25) is 9.29 Å². The number of halogens is 1. The van der Waals surface area contributed by atoms with E-state index >= 15 is 0 Å². The van der Waals surface area contributed by atoms with Crippen molar-refractivity contribution in [1.29, 1.82) is 0 Å². The van der Waals surface area contributed by atoms with Crippen molar-refractivity contribution < 1.29 is 8.42 Å². The molecule has 0 N–H and O–H groups in total. The zero-order valence-corrected chi connectivity index (χ0v) is 12.6. The maximum Gasteiger partial charge on any atom is 0.285 e. The number of aryl methyl sites for hydroxylation is 1. The van der Waals surface area contributed by atoms with Gasteiger partial charge in [-0.1, -0.05) is 11.6 Å². The van der Waals surface area contributed by atoms with Crippen LogP contribution in [0.2, 0.25) is 5.15 Å². The Hall–Kier alpha value is -1.60. The van der Waals surface area contributed by atoms with Gasteiger partial charge in [-0.25, -0.2) is 4.98 Å². The van der Waals surface area contributed by atoms with Crippen LogP contribution in [0.15, 0.2) is 29.8 Å². The van der Waals surface area contributed by atoms with Gasteiger partial charge in [0.05, 0.1) is 12.0 Å². The molecule has 8 heteroatoms. The van der Waals surface area contributed by atoms with Crippen LogP contribution in [0.3, 0.4) is 0 Å². The lowest BCUT2D eigenvalue weighted by Crippen LogP contribution is -2.36. The normalized spacial score (nSPS) is 18.4. The zero-order chi connectivity index (χ0) is 14.5. The Balaban J connectivity index is 2.15. The molecule has 0 aromatic carbocycles. The number of fused-ring (bicyclic) bond motifs is 1. The molecule has 0 aliphatic carbocycles. The molecule has 0 bridgehead atoms. The van der Waals surface area contributed by atoms with Gasteiger partial charge in [-0.2, -0.15) is 8.42 Å². The molecule has 0 amide bonds. The predicted molar refractivity (Wildman–Crippen MR) is 75.3 cm³/mol. The Morgan fingerprint density at radius 3 is 2.85 bits per heavy atom. The maximum atomic E-state index is 12.8. The van der Waals surface area contributed by atoms with E-state index in [1.807, 2.05) is 6.92 Å². The summed E-state index contributed by atoms with van der Waals surface area (Å²) < 4.78 is 28.4. The first-order chi connectivity index (χ1) is 9.43. The summed E-state index contributed by atoms with van der Waals surface area (Å²) in [4.78, 5) is 7.96. The summed E-state index contributed by atoms with van der Waals surface area (Å²) in [5, 5.41) is -0.00196. The highest BCUT2D eigenvalue weighted by Crippen LogP contribution is 2.36. The third kappa shape index (κ3) is 1.81. The summed E-state index contributed by atoms with van der Waals surface area (Å²) in [6.45, 7) is 1.86. The molecule has 1 atom stereocenters. The minimum atomic E-state index is -3.77. The molecule has 3 rings (SSSR count). The van der Waals surface area contributed by atoms with Crippen LogP contribution in [0, 0.1) is 0 Å². The molecule has 6 nitrogen and oxygen atoms in total. The second-order valence-electron chi connectivity index (χ2n) is 4.81. The molecule has 0 saturated heterocycles. The summed E-state index contributed by atoms with van der Waals surface area (Å²) in [7, 11) is -2.12. The van der Waals surface area contributed by atoms with Crippen LogP contribution in [0.1, 0.15) is 12.5 Å². The highest BCUT2D eigenvalue weighted by atomic mass is 35.5. The number of pyridine rings is 1. The Labute approximate surface area is 122 Å². The summed E-state index contributed by atoms with van der Waals surface area (Å²) in [5.74, 6) is 0. The monoisotopic (exact) mass is 312 g/mol. The number of nitrogens with zero attached hydrogens (tertiary/aromatic N) is 4. The van der Waals surface area contributed by atoms with E-state index in [4.69, 9.17) is 11.6 Å². The average Bonchev–Trinajstić information content (AvgIpc) is 2.90. The molecule has 2 aromatic heterocycles. The van der Waals surface area contributed by atoms with Crippen LogP contribution in [-0.2, 0) is 23.5 Å². The van der Waals surface area contributed by atoms with Crippen molar-refractivity contribution in [3.05, 3.63) is 35.5 Å². The van der Waals surface area contributed by atoms with Crippen molar-refractivity contribution in [2.75, 3.05) is 4.31 Å². The van der Waals surface area contributed by atoms with Crippen LogP contribution in [0.25, 0.3) is 0 Å². The molecule has 3 heterocycles. The van der Waals surface area contributed by atoms with Crippen LogP contribution in [0.4, 0.5) is 5.69 Å². The second kappa shape index (κ2) is 4.46. The van der Waals surface area contributed by atoms with E-state index in [0.29, 0.717) is 12.1 Å². The first kappa shape index (κ1) is 13.4. The minimum Gasteiger partial charge on any atom is -0.324 e. The van der Waals surface area contributed by atoms with Crippen LogP contribution in [-0.4, -0.2) is 29.0 Å². The van der Waals surface area contributed by atoms with Gasteiger partial charge in [0.25, 0.3) is 10.0 Å². The quantitative estimate of drug-likeness (QED) is 0.845. The number of sulfonamides is 1. The standard InChI is InChI=1S/C12H13ClN4O2S/c1-8-5-9-6-14-4-3-10(9)17(8)20(18,19)12-11(13)16(2)7-15-12/h3-4,6-8H,5H2,1-2H3. The second-order valence-corrected chi connectivity index (χ2v) is 6.90. The average molecular weight is 313 g/mol. The fourth-order valence-corrected chi connectivity index (χ4v) is 4.55. The number of hydrogen-bond acceptors (Lipinski definition) is 4. The summed E-state index contributed by atoms with van der Waals surface area (Å²) >= 11 is 6.03. The fraction of sp³-hybridized carbons (Fsp3) is 0.333. The number of hydrogen-bond donors (Lipinski definition) is 0. The van der Waals surface area contributed by atoms with Gasteiger partial charge >= 0.3 is 0 Å². The third-order valence-electron chi connectivity index (χ3n) is 3.37. The van der Waals surface area contributed by atoms with E-state index in [1.54, 1.807) is 25.5 Å². The van der Waals surface area contributed by atoms with Gasteiger partial charge in [-0.15, -0.1) is 0 Å². The first-order valence-corrected chi connectivity index (χ1v) is 7.89. The molecule has 0 saturated carbocycles. The first-order valence-electron chi connectivity index (χ1n) is 6.07. The lowest BCUT2D eigenvalue weighted by atomic mass is 10.2. The van der Waals surface area contributed by atoms with Crippen molar-refractivity contribution in [3.63, 3.8) is 0 Å². The van der Waals surface area contributed by atoms with Crippen molar-refractivity contribution in [2.24, 2.45) is 7.05 Å². The lowest BCUT2D eigenvalue weighted by molar-refractivity contribution is 0.581. The number of aromatic nitrogens is 3. The van der Waals surface area contributed by atoms with Crippen LogP contribution in [0.5, 0.6) is 0 Å². The summed E-state index contributed by atoms with van der Waals surface area (Å²) in [6.07, 6.45) is 5.30. The van der Waals surface area contributed by atoms with E-state index in [0.717, 1.165) is 5.56 Å². The topological polar surface area (TPSA) is 68.1 Å². The van der Waals surface area contributed by atoms with Gasteiger partial charge in [-0.05, 0) is 25.0 Å². The molecule has 1 unspecified atom stereocenters. The number of anilines is 1. The largest absolute Gasteiger partial charge is 0.324 e. The minimum absolute atomic E-state index is 0.111. The SMILES string of the molecule is CC1Cc2cnccc2N1S(=O)(=O)c1ncn(C)c1Cl. The highest BCUT2D eigenvalue weighted by molar-refractivity contribution is 7.92. The summed E-state index contributed by atoms with van der Waals surface area (Å²) in [5.41, 5.74) is 1.56. The van der Waals surface area contributed by atoms with E-state index in [1.165, 1.54) is 15.2 Å². The molecular formula is C12H13ClN4O2S. The van der Waals surface area contributed by atoms with Crippen LogP contribution < -0.4 is 4.31 Å². The van der Waals surface area contributed by atoms with Gasteiger partial charge in [0.1, 0.15) is 5.15 Å². The highest BCUT2D eigenvalue weighted by Gasteiger charge is 2.38. The van der Waals surface area contributed by atoms with Gasteiger partial charge < -0.3 is 4.57 Å². The Morgan fingerprint density at radius 1 is 1.45 bits per heavy atom. The predicted octanol–water partition coefficient (Wildman–Crippen LogP) is 1.61. The van der Waals surface area contributed by atoms with E-state index in [2.05, 4.69) is 9.97 Å². The zero-order valence-electron chi connectivity index (χ0n) is 11.0. The lowest BCUT2D eigenvalue weighted by Gasteiger charge is -2.23. The molecule has 0 radical (unpaired) electrons. The molecule has 1 aliphatic rings. The Bertz CT molecular complexity index is 772. The number of rotatable bonds is 2. The van der Waals surface area contributed by atoms with Crippen molar-refractivity contribution >= 4 is 27.3 Å². The Morgan fingerprint density at radius 2 is 2.20 bits per heavy atom. The van der Waals surface area contributed by atoms with Crippen molar-refractivity contribution in [1.82, 2.24) is 14.5 Å². The van der Waals surface area contributed by atoms with Gasteiger partial charge in [0.2, 0.25) is 5.03 Å². The molecule has 0 spiro atoms. The maximum absolute atomic E-state index is 12.8. The van der Waals surface area contributed by atoms with E-state index < -0.39 is 10.0 Å². The van der Waals surface area contributed by atoms with Crippen molar-refractivity contribution in [2.45, 2.75) is 24.4 Å². The number of imidazole rings is 1. The molecule has 2 aromatic rings. The van der Waals surface area contributed by atoms with Crippen LogP contribution >= 0.6 is 11.6 Å². The van der Waals surface area contributed by atoms with Gasteiger partial charge in [0.15, 0.2) is 0 Å². The molecule has 20 heavy (non-hydrogen) atoms. The van der Waals surface area contributed by atoms with E-state index in [9.17, 15) is 8.42 Å². The molecule has 0 fully saturated rings.